The second-order valence-corrected chi connectivity index (χ2v) is 6.48. The average molecular weight is 270 g/mol. The number of benzene rings is 1. The van der Waals surface area contributed by atoms with Crippen molar-refractivity contribution in [1.82, 2.24) is 0 Å². The molecule has 1 N–H and O–H groups in total. The van der Waals surface area contributed by atoms with Crippen LogP contribution in [0.2, 0.25) is 0 Å². The first-order valence-electron chi connectivity index (χ1n) is 5.43. The largest absolute Gasteiger partial charge is 0.290 e. The van der Waals surface area contributed by atoms with Gasteiger partial charge in [-0.1, -0.05) is 0 Å². The van der Waals surface area contributed by atoms with Gasteiger partial charge in [0.1, 0.15) is 0 Å². The average Bonchev–Trinajstić information content (AvgIpc) is 2.28. The summed E-state index contributed by atoms with van der Waals surface area (Å²) >= 11 is 3.42. The molecule has 94 valence electrons. The normalized spacial score (nSPS) is 12.9. The molecule has 0 bridgehead atoms. The first-order valence-corrected chi connectivity index (χ1v) is 7.88. The van der Waals surface area contributed by atoms with Gasteiger partial charge in [0, 0.05) is 30.6 Å². The van der Waals surface area contributed by atoms with Crippen LogP contribution in [-0.4, -0.2) is 34.2 Å². The monoisotopic (exact) mass is 270 g/mol. The van der Waals surface area contributed by atoms with E-state index in [4.69, 9.17) is 0 Å². The Morgan fingerprint density at radius 3 is 2.29 bits per heavy atom. The molecule has 0 atom stereocenters. The second kappa shape index (κ2) is 5.83. The van der Waals surface area contributed by atoms with E-state index in [0.717, 1.165) is 5.56 Å². The molecule has 0 heterocycles. The van der Waals surface area contributed by atoms with Gasteiger partial charge in [0.05, 0.1) is 5.56 Å². The van der Waals surface area contributed by atoms with Gasteiger partial charge >= 0.3 is 0 Å². The molecule has 0 saturated carbocycles. The number of thioether (sulfide) groups is 2. The summed E-state index contributed by atoms with van der Waals surface area (Å²) in [4.78, 5) is 2.42. The molecule has 0 aliphatic heterocycles. The minimum atomic E-state index is -0.284. The molecule has 1 aromatic rings. The number of hydrogen-bond donors (Lipinski definition) is 1. The molecule has 0 amide bonds. The van der Waals surface area contributed by atoms with Gasteiger partial charge in [-0.15, -0.1) is 23.5 Å². The van der Waals surface area contributed by atoms with Gasteiger partial charge in [0.25, 0.3) is 0 Å². The fourth-order valence-electron chi connectivity index (χ4n) is 1.25. The summed E-state index contributed by atoms with van der Waals surface area (Å²) < 4.78 is 1.26. The molecule has 0 aliphatic carbocycles. The molecule has 0 unspecified atom stereocenters. The van der Waals surface area contributed by atoms with E-state index in [1.54, 1.807) is 29.7 Å². The maximum Gasteiger partial charge on any atom is 0.224 e. The van der Waals surface area contributed by atoms with Crippen LogP contribution < -0.4 is 0 Å². The Bertz CT molecular complexity index is 422. The number of rotatable bonds is 3. The molecule has 0 spiro atoms. The van der Waals surface area contributed by atoms with Crippen LogP contribution in [0.4, 0.5) is 0 Å². The molecule has 2 nitrogen and oxygen atoms in total. The van der Waals surface area contributed by atoms with Crippen LogP contribution in [0.5, 0.6) is 0 Å². The van der Waals surface area contributed by atoms with E-state index in [0.29, 0.717) is 0 Å². The fraction of sp³-hybridized carbons (Fsp3) is 0.462. The summed E-state index contributed by atoms with van der Waals surface area (Å²) in [5.74, 6) is 0. The Hall–Kier alpha value is -0.610. The third-order valence-electron chi connectivity index (χ3n) is 2.39. The zero-order valence-corrected chi connectivity index (χ0v) is 12.7. The maximum atomic E-state index is 9.95. The van der Waals surface area contributed by atoms with Crippen molar-refractivity contribution in [3.8, 4) is 0 Å². The van der Waals surface area contributed by atoms with Gasteiger partial charge in [0.15, 0.2) is 0 Å². The van der Waals surface area contributed by atoms with Crippen molar-refractivity contribution >= 4 is 29.7 Å². The fourth-order valence-corrected chi connectivity index (χ4v) is 2.37. The molecule has 0 aliphatic rings. The van der Waals surface area contributed by atoms with Crippen LogP contribution in [0.15, 0.2) is 28.0 Å². The van der Waals surface area contributed by atoms with E-state index >= 15 is 0 Å². The van der Waals surface area contributed by atoms with Crippen molar-refractivity contribution in [3.63, 3.8) is 0 Å². The second-order valence-electron chi connectivity index (χ2n) is 4.75. The van der Waals surface area contributed by atoms with Gasteiger partial charge in [0.2, 0.25) is 11.8 Å². The van der Waals surface area contributed by atoms with E-state index in [9.17, 15) is 5.21 Å². The number of hydrogen-bond acceptors (Lipinski definition) is 3. The molecule has 17 heavy (non-hydrogen) atoms. The molecular formula is C13H20NOS2+. The van der Waals surface area contributed by atoms with Crippen molar-refractivity contribution in [3.05, 3.63) is 23.8 Å². The lowest BCUT2D eigenvalue weighted by atomic mass is 10.1. The molecular weight excluding hydrogens is 250 g/mol. The highest BCUT2D eigenvalue weighted by atomic mass is 32.2. The van der Waals surface area contributed by atoms with Gasteiger partial charge in [-0.3, -0.25) is 5.21 Å². The Labute approximate surface area is 112 Å². The Morgan fingerprint density at radius 1 is 1.18 bits per heavy atom. The van der Waals surface area contributed by atoms with Crippen molar-refractivity contribution in [2.45, 2.75) is 36.1 Å². The van der Waals surface area contributed by atoms with Crippen molar-refractivity contribution < 1.29 is 9.95 Å². The summed E-state index contributed by atoms with van der Waals surface area (Å²) in [5, 5.41) is 9.95. The van der Waals surface area contributed by atoms with E-state index in [1.165, 1.54) is 14.5 Å². The summed E-state index contributed by atoms with van der Waals surface area (Å²) in [6.07, 6.45) is 5.90. The van der Waals surface area contributed by atoms with Crippen LogP contribution in [0.25, 0.3) is 0 Å². The highest BCUT2D eigenvalue weighted by Gasteiger charge is 2.24. The Morgan fingerprint density at radius 2 is 1.82 bits per heavy atom. The Balaban J connectivity index is 3.15. The summed E-state index contributed by atoms with van der Waals surface area (Å²) in [6.45, 7) is 5.91. The molecule has 0 saturated heterocycles. The molecule has 1 rings (SSSR count). The molecule has 0 aromatic heterocycles. The predicted octanol–water partition coefficient (Wildman–Crippen LogP) is 3.75. The first kappa shape index (κ1) is 14.5. The van der Waals surface area contributed by atoms with E-state index in [2.05, 4.69) is 24.6 Å². The quantitative estimate of drug-likeness (QED) is 0.297. The van der Waals surface area contributed by atoms with Crippen LogP contribution >= 0.6 is 23.5 Å². The minimum Gasteiger partial charge on any atom is -0.290 e. The van der Waals surface area contributed by atoms with Crippen molar-refractivity contribution in [1.29, 1.82) is 0 Å². The zero-order chi connectivity index (χ0) is 13.1. The lowest BCUT2D eigenvalue weighted by Gasteiger charge is -2.10. The minimum absolute atomic E-state index is 0.284. The summed E-state index contributed by atoms with van der Waals surface area (Å²) in [5.41, 5.74) is 0.765. The van der Waals surface area contributed by atoms with Crippen molar-refractivity contribution in [2.75, 3.05) is 12.5 Å². The van der Waals surface area contributed by atoms with Gasteiger partial charge in [-0.2, -0.15) is 0 Å². The smallest absolute Gasteiger partial charge is 0.224 e. The zero-order valence-electron chi connectivity index (χ0n) is 11.0. The van der Waals surface area contributed by atoms with Crippen LogP contribution in [0.3, 0.4) is 0 Å². The Kier molecular flexibility index (Phi) is 4.95. The predicted molar refractivity (Wildman–Crippen MR) is 77.0 cm³/mol. The SMILES string of the molecule is CSc1ccc(/C=[N+](\O)C(C)(C)C)c(SC)c1. The molecule has 0 radical (unpaired) electrons. The van der Waals surface area contributed by atoms with E-state index in [-0.39, 0.29) is 5.54 Å². The number of nitrogens with zero attached hydrogens (tertiary/aromatic N) is 1. The highest BCUT2D eigenvalue weighted by Crippen LogP contribution is 2.25. The standard InChI is InChI=1S/C13H20NOS2/c1-13(2,3)14(15)9-10-6-7-11(16-4)8-12(10)17-5/h6-9,15H,1-5H3/q+1/b14-9-. The van der Waals surface area contributed by atoms with Crippen LogP contribution in [-0.2, 0) is 0 Å². The van der Waals surface area contributed by atoms with Gasteiger partial charge in [-0.25, -0.2) is 0 Å². The third kappa shape index (κ3) is 3.96. The third-order valence-corrected chi connectivity index (χ3v) is 3.91. The lowest BCUT2D eigenvalue weighted by Crippen LogP contribution is -2.31. The summed E-state index contributed by atoms with van der Waals surface area (Å²) in [7, 11) is 0. The lowest BCUT2D eigenvalue weighted by molar-refractivity contribution is -0.816. The molecule has 0 fully saturated rings. The van der Waals surface area contributed by atoms with Crippen LogP contribution in [0.1, 0.15) is 26.3 Å². The molecule has 1 aromatic carbocycles. The first-order chi connectivity index (χ1) is 7.88. The summed E-state index contributed by atoms with van der Waals surface area (Å²) in [6, 6.07) is 6.27. The molecule has 4 heteroatoms. The highest BCUT2D eigenvalue weighted by molar-refractivity contribution is 7.99. The van der Waals surface area contributed by atoms with E-state index in [1.807, 2.05) is 26.8 Å². The number of hydroxylamine groups is 1. The topological polar surface area (TPSA) is 23.2 Å². The maximum absolute atomic E-state index is 9.95. The van der Waals surface area contributed by atoms with Gasteiger partial charge in [-0.05, 0) is 35.4 Å². The van der Waals surface area contributed by atoms with Crippen molar-refractivity contribution in [2.24, 2.45) is 0 Å². The van der Waals surface area contributed by atoms with Crippen LogP contribution in [0, 0.1) is 0 Å². The van der Waals surface area contributed by atoms with Gasteiger partial charge < -0.3 is 0 Å². The van der Waals surface area contributed by atoms with E-state index < -0.39 is 0 Å².